The number of amides is 2. The van der Waals surface area contributed by atoms with Crippen LogP contribution in [0.1, 0.15) is 26.2 Å². The molecule has 0 aromatic rings. The molecule has 0 aliphatic carbocycles. The predicted octanol–water partition coefficient (Wildman–Crippen LogP) is -2.49. The lowest BCUT2D eigenvalue weighted by molar-refractivity contribution is -0.142. The molecule has 0 heterocycles. The van der Waals surface area contributed by atoms with Crippen molar-refractivity contribution in [3.8, 4) is 0 Å². The van der Waals surface area contributed by atoms with Crippen LogP contribution in [0, 0.1) is 0 Å². The number of nitrogens with one attached hydrogen (secondary N) is 2. The molecule has 8 N–H and O–H groups in total. The molecule has 0 unspecified atom stereocenters. The number of carbonyl (C=O) groups excluding carboxylic acids is 2. The lowest BCUT2D eigenvalue weighted by Crippen LogP contribution is -2.55. The van der Waals surface area contributed by atoms with Crippen LogP contribution < -0.4 is 22.1 Å². The maximum atomic E-state index is 11.8. The van der Waals surface area contributed by atoms with Crippen molar-refractivity contribution >= 4 is 17.8 Å². The zero-order chi connectivity index (χ0) is 16.4. The molecule has 2 amide bonds. The van der Waals surface area contributed by atoms with Crippen molar-refractivity contribution in [2.45, 2.75) is 44.3 Å². The lowest BCUT2D eigenvalue weighted by Gasteiger charge is -2.20. The number of unbranched alkanes of at least 4 members (excludes halogenated alkanes) is 1. The fourth-order valence-corrected chi connectivity index (χ4v) is 1.49. The molecule has 3 atom stereocenters. The van der Waals surface area contributed by atoms with Gasteiger partial charge in [-0.05, 0) is 26.3 Å². The standard InChI is InChI=1S/C12H24N4O5/c1-7(12(20)21)15-11(19)9(6-17)16-10(18)8(14)4-2-3-5-13/h7-9,17H,2-6,13-14H2,1H3,(H,15,19)(H,16,18)(H,20,21)/t7-,8-,9-/m0/s1. The Balaban J connectivity index is 4.37. The van der Waals surface area contributed by atoms with E-state index in [4.69, 9.17) is 21.7 Å². The maximum absolute atomic E-state index is 11.8. The van der Waals surface area contributed by atoms with Crippen molar-refractivity contribution in [3.63, 3.8) is 0 Å². The van der Waals surface area contributed by atoms with E-state index < -0.39 is 42.5 Å². The number of carbonyl (C=O) groups is 3. The second-order valence-electron chi connectivity index (χ2n) is 4.70. The second-order valence-corrected chi connectivity index (χ2v) is 4.70. The molecular weight excluding hydrogens is 280 g/mol. The molecule has 0 aliphatic heterocycles. The monoisotopic (exact) mass is 304 g/mol. The van der Waals surface area contributed by atoms with E-state index in [0.717, 1.165) is 6.42 Å². The topological polar surface area (TPSA) is 168 Å². The smallest absolute Gasteiger partial charge is 0.325 e. The minimum absolute atomic E-state index is 0.411. The fourth-order valence-electron chi connectivity index (χ4n) is 1.49. The van der Waals surface area contributed by atoms with Crippen molar-refractivity contribution in [3.05, 3.63) is 0 Å². The Hall–Kier alpha value is -1.71. The summed E-state index contributed by atoms with van der Waals surface area (Å²) in [5.74, 6) is -2.58. The summed E-state index contributed by atoms with van der Waals surface area (Å²) in [4.78, 5) is 34.1. The van der Waals surface area contributed by atoms with Gasteiger partial charge in [0, 0.05) is 0 Å². The Morgan fingerprint density at radius 3 is 2.24 bits per heavy atom. The van der Waals surface area contributed by atoms with Crippen LogP contribution >= 0.6 is 0 Å². The summed E-state index contributed by atoms with van der Waals surface area (Å²) in [7, 11) is 0. The van der Waals surface area contributed by atoms with Gasteiger partial charge in [-0.1, -0.05) is 6.42 Å². The number of aliphatic carboxylic acids is 1. The highest BCUT2D eigenvalue weighted by Crippen LogP contribution is 1.99. The number of hydrogen-bond donors (Lipinski definition) is 6. The first-order valence-corrected chi connectivity index (χ1v) is 6.73. The molecule has 0 aliphatic rings. The van der Waals surface area contributed by atoms with Gasteiger partial charge in [-0.15, -0.1) is 0 Å². The zero-order valence-corrected chi connectivity index (χ0v) is 12.0. The molecule has 21 heavy (non-hydrogen) atoms. The molecule has 0 saturated heterocycles. The van der Waals surface area contributed by atoms with Crippen molar-refractivity contribution in [2.75, 3.05) is 13.2 Å². The van der Waals surface area contributed by atoms with Gasteiger partial charge in [0.1, 0.15) is 12.1 Å². The Morgan fingerprint density at radius 2 is 1.76 bits per heavy atom. The molecule has 0 fully saturated rings. The van der Waals surface area contributed by atoms with Crippen LogP contribution in [0.5, 0.6) is 0 Å². The summed E-state index contributed by atoms with van der Waals surface area (Å²) in [6.07, 6.45) is 1.83. The normalized spacial score (nSPS) is 14.9. The van der Waals surface area contributed by atoms with Gasteiger partial charge in [0.2, 0.25) is 11.8 Å². The highest BCUT2D eigenvalue weighted by atomic mass is 16.4. The Kier molecular flexibility index (Phi) is 9.26. The third-order valence-corrected chi connectivity index (χ3v) is 2.85. The maximum Gasteiger partial charge on any atom is 0.325 e. The van der Waals surface area contributed by atoms with Crippen LogP contribution in [0.2, 0.25) is 0 Å². The van der Waals surface area contributed by atoms with Gasteiger partial charge in [-0.2, -0.15) is 0 Å². The zero-order valence-electron chi connectivity index (χ0n) is 12.0. The highest BCUT2D eigenvalue weighted by Gasteiger charge is 2.25. The number of rotatable bonds is 10. The predicted molar refractivity (Wildman–Crippen MR) is 75.1 cm³/mol. The molecule has 0 saturated carbocycles. The molecular formula is C12H24N4O5. The molecule has 122 valence electrons. The summed E-state index contributed by atoms with van der Waals surface area (Å²) in [5.41, 5.74) is 11.0. The van der Waals surface area contributed by atoms with E-state index in [1.807, 2.05) is 0 Å². The van der Waals surface area contributed by atoms with E-state index in [1.165, 1.54) is 6.92 Å². The molecule has 0 aromatic carbocycles. The summed E-state index contributed by atoms with van der Waals surface area (Å²) in [5, 5.41) is 22.2. The van der Waals surface area contributed by atoms with Crippen molar-refractivity contribution in [1.29, 1.82) is 0 Å². The molecule has 0 radical (unpaired) electrons. The van der Waals surface area contributed by atoms with E-state index in [2.05, 4.69) is 10.6 Å². The minimum Gasteiger partial charge on any atom is -0.480 e. The number of hydrogen-bond acceptors (Lipinski definition) is 6. The van der Waals surface area contributed by atoms with Crippen molar-refractivity contribution < 1.29 is 24.6 Å². The first kappa shape index (κ1) is 19.3. The van der Waals surface area contributed by atoms with Crippen molar-refractivity contribution in [1.82, 2.24) is 10.6 Å². The van der Waals surface area contributed by atoms with Gasteiger partial charge >= 0.3 is 5.97 Å². The number of nitrogens with two attached hydrogens (primary N) is 2. The Bertz CT molecular complexity index is 364. The van der Waals surface area contributed by atoms with Gasteiger partial charge in [0.25, 0.3) is 0 Å². The van der Waals surface area contributed by atoms with E-state index in [0.29, 0.717) is 19.4 Å². The molecule has 9 heteroatoms. The lowest BCUT2D eigenvalue weighted by atomic mass is 10.1. The molecule has 0 aromatic heterocycles. The first-order valence-electron chi connectivity index (χ1n) is 6.73. The largest absolute Gasteiger partial charge is 0.480 e. The summed E-state index contributed by atoms with van der Waals surface area (Å²) < 4.78 is 0. The number of aliphatic hydroxyl groups is 1. The third kappa shape index (κ3) is 7.59. The SMILES string of the molecule is C[C@H](NC(=O)[C@H](CO)NC(=O)[C@@H](N)CCCCN)C(=O)O. The Morgan fingerprint density at radius 1 is 1.14 bits per heavy atom. The van der Waals surface area contributed by atoms with Crippen LogP contribution in [0.15, 0.2) is 0 Å². The second kappa shape index (κ2) is 10.1. The van der Waals surface area contributed by atoms with Gasteiger partial charge < -0.3 is 32.3 Å². The molecule has 0 bridgehead atoms. The summed E-state index contributed by atoms with van der Waals surface area (Å²) in [6.45, 7) is 1.12. The van der Waals surface area contributed by atoms with Crippen LogP contribution in [0.25, 0.3) is 0 Å². The number of aliphatic hydroxyl groups excluding tert-OH is 1. The van der Waals surface area contributed by atoms with Gasteiger partial charge in [0.15, 0.2) is 0 Å². The van der Waals surface area contributed by atoms with E-state index in [9.17, 15) is 14.4 Å². The Labute approximate surface area is 123 Å². The highest BCUT2D eigenvalue weighted by molar-refractivity contribution is 5.91. The molecule has 0 spiro atoms. The minimum atomic E-state index is -1.24. The average Bonchev–Trinajstić information content (AvgIpc) is 2.44. The van der Waals surface area contributed by atoms with Crippen LogP contribution in [0.4, 0.5) is 0 Å². The van der Waals surface area contributed by atoms with Crippen LogP contribution in [0.3, 0.4) is 0 Å². The first-order chi connectivity index (χ1) is 9.83. The average molecular weight is 304 g/mol. The number of carboxylic acid groups (broad SMARTS) is 1. The van der Waals surface area contributed by atoms with Gasteiger partial charge in [0.05, 0.1) is 12.6 Å². The van der Waals surface area contributed by atoms with Crippen molar-refractivity contribution in [2.24, 2.45) is 11.5 Å². The summed E-state index contributed by atoms with van der Waals surface area (Å²) in [6, 6.07) is -3.17. The third-order valence-electron chi connectivity index (χ3n) is 2.85. The summed E-state index contributed by atoms with van der Waals surface area (Å²) >= 11 is 0. The molecule has 0 rings (SSSR count). The van der Waals surface area contributed by atoms with E-state index in [-0.39, 0.29) is 0 Å². The number of carboxylic acids is 1. The van der Waals surface area contributed by atoms with Gasteiger partial charge in [-0.25, -0.2) is 0 Å². The molecule has 9 nitrogen and oxygen atoms in total. The fraction of sp³-hybridized carbons (Fsp3) is 0.750. The van der Waals surface area contributed by atoms with E-state index >= 15 is 0 Å². The quantitative estimate of drug-likeness (QED) is 0.243. The van der Waals surface area contributed by atoms with Crippen LogP contribution in [-0.4, -0.2) is 59.3 Å². The van der Waals surface area contributed by atoms with E-state index in [1.54, 1.807) is 0 Å². The van der Waals surface area contributed by atoms with Crippen LogP contribution in [-0.2, 0) is 14.4 Å². The van der Waals surface area contributed by atoms with Gasteiger partial charge in [-0.3, -0.25) is 14.4 Å².